The van der Waals surface area contributed by atoms with Gasteiger partial charge in [-0.2, -0.15) is 0 Å². The Bertz CT molecular complexity index is 240. The molecule has 1 amide bonds. The lowest BCUT2D eigenvalue weighted by molar-refractivity contribution is -0.129. The molecule has 0 radical (unpaired) electrons. The van der Waals surface area contributed by atoms with Crippen molar-refractivity contribution in [2.45, 2.75) is 70.9 Å². The van der Waals surface area contributed by atoms with Gasteiger partial charge < -0.3 is 10.6 Å². The molecule has 1 aliphatic heterocycles. The maximum absolute atomic E-state index is 12.3. The van der Waals surface area contributed by atoms with Crippen LogP contribution in [0.5, 0.6) is 0 Å². The van der Waals surface area contributed by atoms with Crippen LogP contribution in [0.15, 0.2) is 0 Å². The summed E-state index contributed by atoms with van der Waals surface area (Å²) in [6.45, 7) is 9.35. The largest absolute Gasteiger partial charge is 0.349 e. The summed E-state index contributed by atoms with van der Waals surface area (Å²) in [4.78, 5) is 12.3. The topological polar surface area (TPSA) is 41.1 Å². The Labute approximate surface area is 99.4 Å². The molecule has 2 N–H and O–H groups in total. The van der Waals surface area contributed by atoms with Crippen LogP contribution in [0.4, 0.5) is 0 Å². The molecule has 1 heterocycles. The first kappa shape index (κ1) is 13.5. The number of hydrogen-bond donors (Lipinski definition) is 2. The van der Waals surface area contributed by atoms with Crippen molar-refractivity contribution in [1.29, 1.82) is 0 Å². The summed E-state index contributed by atoms with van der Waals surface area (Å²) in [5.41, 5.74) is -0.414. The van der Waals surface area contributed by atoms with Crippen LogP contribution >= 0.6 is 0 Å². The quantitative estimate of drug-likeness (QED) is 0.771. The first-order valence-electron chi connectivity index (χ1n) is 6.53. The minimum absolute atomic E-state index is 0.0563. The van der Waals surface area contributed by atoms with E-state index in [2.05, 4.69) is 31.4 Å². The second-order valence-corrected chi connectivity index (χ2v) is 5.44. The van der Waals surface area contributed by atoms with Gasteiger partial charge in [0.05, 0.1) is 5.54 Å². The van der Waals surface area contributed by atoms with Crippen LogP contribution in [-0.2, 0) is 4.79 Å². The van der Waals surface area contributed by atoms with Crippen LogP contribution in [0.25, 0.3) is 0 Å². The van der Waals surface area contributed by atoms with Gasteiger partial charge in [-0.1, -0.05) is 13.8 Å². The third-order valence-electron chi connectivity index (χ3n) is 4.10. The van der Waals surface area contributed by atoms with Crippen LogP contribution < -0.4 is 10.6 Å². The van der Waals surface area contributed by atoms with Crippen molar-refractivity contribution in [1.82, 2.24) is 10.6 Å². The number of amides is 1. The third kappa shape index (κ3) is 2.97. The zero-order chi connectivity index (χ0) is 12.2. The summed E-state index contributed by atoms with van der Waals surface area (Å²) in [7, 11) is 0. The van der Waals surface area contributed by atoms with E-state index in [9.17, 15) is 4.79 Å². The fourth-order valence-corrected chi connectivity index (χ4v) is 2.09. The van der Waals surface area contributed by atoms with Gasteiger partial charge in [0.25, 0.3) is 0 Å². The molecular weight excluding hydrogens is 200 g/mol. The smallest absolute Gasteiger partial charge is 0.240 e. The van der Waals surface area contributed by atoms with Crippen molar-refractivity contribution in [3.05, 3.63) is 0 Å². The molecule has 1 saturated heterocycles. The molecule has 0 spiro atoms. The van der Waals surface area contributed by atoms with Crippen LogP contribution in [0, 0.1) is 0 Å². The van der Waals surface area contributed by atoms with Gasteiger partial charge in [0.1, 0.15) is 0 Å². The number of carbonyl (C=O) groups excluding carboxylic acids is 1. The number of nitrogens with one attached hydrogen (secondary N) is 2. The van der Waals surface area contributed by atoms with Crippen molar-refractivity contribution < 1.29 is 4.79 Å². The highest BCUT2D eigenvalue weighted by Gasteiger charge is 2.37. The van der Waals surface area contributed by atoms with Gasteiger partial charge in [-0.15, -0.1) is 0 Å². The van der Waals surface area contributed by atoms with Crippen molar-refractivity contribution in [3.8, 4) is 0 Å². The zero-order valence-electron chi connectivity index (χ0n) is 11.2. The lowest BCUT2D eigenvalue weighted by atomic mass is 9.87. The summed E-state index contributed by atoms with van der Waals surface area (Å²) in [5, 5.41) is 6.56. The molecule has 0 aromatic heterocycles. The monoisotopic (exact) mass is 226 g/mol. The van der Waals surface area contributed by atoms with Gasteiger partial charge in [-0.05, 0) is 52.5 Å². The van der Waals surface area contributed by atoms with Gasteiger partial charge in [0, 0.05) is 5.54 Å². The van der Waals surface area contributed by atoms with Crippen LogP contribution in [0.3, 0.4) is 0 Å². The molecule has 3 heteroatoms. The molecule has 16 heavy (non-hydrogen) atoms. The fraction of sp³-hybridized carbons (Fsp3) is 0.923. The van der Waals surface area contributed by atoms with Crippen LogP contribution in [0.2, 0.25) is 0 Å². The van der Waals surface area contributed by atoms with E-state index < -0.39 is 0 Å². The highest BCUT2D eigenvalue weighted by Crippen LogP contribution is 2.21. The Balaban J connectivity index is 2.63. The SMILES string of the molecule is CCC(C)(CC)NC(=O)C1(C)CCCCN1. The minimum Gasteiger partial charge on any atom is -0.349 e. The number of carbonyl (C=O) groups is 1. The lowest BCUT2D eigenvalue weighted by Crippen LogP contribution is -2.61. The molecule has 0 bridgehead atoms. The molecule has 1 atom stereocenters. The van der Waals surface area contributed by atoms with Crippen molar-refractivity contribution in [2.24, 2.45) is 0 Å². The Hall–Kier alpha value is -0.570. The zero-order valence-corrected chi connectivity index (χ0v) is 11.2. The molecule has 1 unspecified atom stereocenters. The Kier molecular flexibility index (Phi) is 4.36. The Morgan fingerprint density at radius 3 is 2.44 bits per heavy atom. The first-order valence-corrected chi connectivity index (χ1v) is 6.53. The molecule has 1 aliphatic rings. The standard InChI is InChI=1S/C13H26N2O/c1-5-12(3,6-2)15-11(16)13(4)9-7-8-10-14-13/h14H,5-10H2,1-4H3,(H,15,16). The molecular formula is C13H26N2O. The second kappa shape index (κ2) is 5.17. The minimum atomic E-state index is -0.357. The van der Waals surface area contributed by atoms with Crippen molar-refractivity contribution >= 4 is 5.91 Å². The normalized spacial score (nSPS) is 26.5. The van der Waals surface area contributed by atoms with Gasteiger partial charge in [0.15, 0.2) is 0 Å². The average Bonchev–Trinajstić information content (AvgIpc) is 2.30. The van der Waals surface area contributed by atoms with E-state index in [0.29, 0.717) is 0 Å². The van der Waals surface area contributed by atoms with E-state index in [1.54, 1.807) is 0 Å². The summed E-state index contributed by atoms with van der Waals surface area (Å²) >= 11 is 0. The predicted molar refractivity (Wildman–Crippen MR) is 67.4 cm³/mol. The van der Waals surface area contributed by atoms with E-state index in [1.807, 2.05) is 6.92 Å². The Morgan fingerprint density at radius 1 is 1.38 bits per heavy atom. The molecule has 1 fully saturated rings. The molecule has 3 nitrogen and oxygen atoms in total. The van der Waals surface area contributed by atoms with E-state index in [0.717, 1.165) is 32.2 Å². The average molecular weight is 226 g/mol. The summed E-state index contributed by atoms with van der Waals surface area (Å²) in [6.07, 6.45) is 5.23. The highest BCUT2D eigenvalue weighted by atomic mass is 16.2. The van der Waals surface area contributed by atoms with Gasteiger partial charge in [-0.3, -0.25) is 4.79 Å². The van der Waals surface area contributed by atoms with E-state index in [-0.39, 0.29) is 17.0 Å². The van der Waals surface area contributed by atoms with Crippen molar-refractivity contribution in [3.63, 3.8) is 0 Å². The molecule has 0 aliphatic carbocycles. The first-order chi connectivity index (χ1) is 7.46. The molecule has 0 aromatic carbocycles. The number of piperidine rings is 1. The fourth-order valence-electron chi connectivity index (χ4n) is 2.09. The lowest BCUT2D eigenvalue weighted by Gasteiger charge is -2.38. The maximum Gasteiger partial charge on any atom is 0.240 e. The van der Waals surface area contributed by atoms with E-state index >= 15 is 0 Å². The summed E-state index contributed by atoms with van der Waals surface area (Å²) in [5.74, 6) is 0.165. The van der Waals surface area contributed by atoms with Crippen molar-refractivity contribution in [2.75, 3.05) is 6.54 Å². The van der Waals surface area contributed by atoms with Crippen LogP contribution in [-0.4, -0.2) is 23.5 Å². The molecule has 1 rings (SSSR count). The Morgan fingerprint density at radius 2 is 2.00 bits per heavy atom. The molecule has 0 saturated carbocycles. The van der Waals surface area contributed by atoms with Gasteiger partial charge >= 0.3 is 0 Å². The predicted octanol–water partition coefficient (Wildman–Crippen LogP) is 2.21. The van der Waals surface area contributed by atoms with Gasteiger partial charge in [-0.25, -0.2) is 0 Å². The summed E-state index contributed by atoms with van der Waals surface area (Å²) in [6, 6.07) is 0. The van der Waals surface area contributed by atoms with E-state index in [1.165, 1.54) is 6.42 Å². The third-order valence-corrected chi connectivity index (χ3v) is 4.10. The van der Waals surface area contributed by atoms with E-state index in [4.69, 9.17) is 0 Å². The van der Waals surface area contributed by atoms with Crippen LogP contribution in [0.1, 0.15) is 59.8 Å². The second-order valence-electron chi connectivity index (χ2n) is 5.44. The highest BCUT2D eigenvalue weighted by molar-refractivity contribution is 5.86. The maximum atomic E-state index is 12.3. The number of rotatable bonds is 4. The number of hydrogen-bond acceptors (Lipinski definition) is 2. The summed E-state index contributed by atoms with van der Waals surface area (Å²) < 4.78 is 0. The molecule has 0 aromatic rings. The van der Waals surface area contributed by atoms with Gasteiger partial charge in [0.2, 0.25) is 5.91 Å². The molecule has 94 valence electrons.